The third-order valence-corrected chi connectivity index (χ3v) is 14.6. The second kappa shape index (κ2) is 20.6. The topological polar surface area (TPSA) is 356 Å². The molecule has 1 aromatic carbocycles. The van der Waals surface area contributed by atoms with Crippen LogP contribution in [0.2, 0.25) is 0 Å². The van der Waals surface area contributed by atoms with Crippen molar-refractivity contribution in [3.05, 3.63) is 57.7 Å². The maximum atomic E-state index is 14.0. The molecule has 0 aliphatic carbocycles. The Labute approximate surface area is 376 Å². The standard InChI is InChI=1S/C38H54N10O14P2S/c1-20-30(65-19-42-20)22-11-9-21(10-12-22)15-40-33(53)24-14-23(49)16-47(24)35(55)31(38(2,3)4)44-26(50)8-6-5-7-13-43-63(56,57)62-64(58,59)60-17-25-28(51)29(52)36(61-25)48-18-41-27-32(48)45-37(39)46-34(27)54/h9-12,18-19,23-25,28-29,31,36,49,51-52H,5-8,13-17H2,1-4H3,(H,40,53)(H,44,50)(H,58,59)(H2,43,56,57)(H3,39,45,46,54)/t23-,24+,25-,28-,29-,31-,36-/m1/s1. The number of aliphatic hydroxyl groups excluding tert-OH is 3. The number of aromatic amines is 1. The third kappa shape index (κ3) is 12.5. The number of carbonyl (C=O) groups excluding carboxylic acids is 3. The van der Waals surface area contributed by atoms with Crippen LogP contribution in [0.25, 0.3) is 21.6 Å². The van der Waals surface area contributed by atoms with Crippen LogP contribution in [0, 0.1) is 12.3 Å². The molecule has 0 bridgehead atoms. The van der Waals surface area contributed by atoms with Crippen LogP contribution < -0.4 is 27.0 Å². The molecule has 2 saturated heterocycles. The zero-order valence-electron chi connectivity index (χ0n) is 35.9. The van der Waals surface area contributed by atoms with Gasteiger partial charge in [0.2, 0.25) is 23.7 Å². The normalized spacial score (nSPS) is 23.6. The maximum Gasteiger partial charge on any atom is 0.480 e. The number of aryl methyl sites for hydroxylation is 1. The first-order chi connectivity index (χ1) is 30.5. The van der Waals surface area contributed by atoms with Gasteiger partial charge in [0.05, 0.1) is 35.1 Å². The highest BCUT2D eigenvalue weighted by Crippen LogP contribution is 2.58. The number of unbranched alkanes of at least 4 members (excludes halogenated alkanes) is 2. The first-order valence-electron chi connectivity index (χ1n) is 20.6. The number of nitrogen functional groups attached to an aromatic ring is 1. The number of nitrogens with zero attached hydrogens (tertiary/aromatic N) is 5. The number of carbonyl (C=O) groups is 3. The third-order valence-electron chi connectivity index (χ3n) is 10.8. The monoisotopic (exact) mass is 968 g/mol. The SMILES string of the molecule is Cc1ncsc1-c1ccc(CNC(=O)[C@@H]2C[C@@H](O)CN2C(=O)[C@@H](NC(=O)CCCCCNP(=O)(O)OP(=O)(O)OC[C@H]2O[C@@H](n3cnc4c(=O)[nH]c(N)nc43)[C@H](O)[C@@H]2O)C(C)(C)C)cc1. The summed E-state index contributed by atoms with van der Waals surface area (Å²) in [5, 5.41) is 39.4. The van der Waals surface area contributed by atoms with Gasteiger partial charge in [-0.25, -0.2) is 24.2 Å². The number of phosphoric acid groups is 1. The molecule has 2 aliphatic rings. The molecular weight excluding hydrogens is 914 g/mol. The molecule has 0 spiro atoms. The summed E-state index contributed by atoms with van der Waals surface area (Å²) < 4.78 is 41.2. The molecule has 6 rings (SSSR count). The molecule has 356 valence electrons. The molecule has 0 saturated carbocycles. The van der Waals surface area contributed by atoms with Crippen molar-refractivity contribution in [2.75, 3.05) is 25.4 Å². The van der Waals surface area contributed by atoms with E-state index in [-0.39, 0.29) is 56.0 Å². The number of benzene rings is 1. The van der Waals surface area contributed by atoms with Crippen LogP contribution in [-0.4, -0.2) is 128 Å². The number of rotatable bonds is 19. The second-order valence-electron chi connectivity index (χ2n) is 16.9. The molecule has 3 amide bonds. The maximum absolute atomic E-state index is 14.0. The fraction of sp³-hybridized carbons (Fsp3) is 0.553. The number of hydrogen-bond donors (Lipinski definition) is 10. The molecule has 9 atom stereocenters. The highest BCUT2D eigenvalue weighted by Gasteiger charge is 2.47. The van der Waals surface area contributed by atoms with E-state index in [1.807, 2.05) is 31.2 Å². The van der Waals surface area contributed by atoms with Gasteiger partial charge in [0.25, 0.3) is 5.56 Å². The Balaban J connectivity index is 0.915. The molecule has 3 aromatic heterocycles. The number of imidazole rings is 1. The average Bonchev–Trinajstić information content (AvgIpc) is 4.01. The smallest absolute Gasteiger partial charge is 0.391 e. The van der Waals surface area contributed by atoms with E-state index in [4.69, 9.17) is 15.0 Å². The van der Waals surface area contributed by atoms with Gasteiger partial charge in [-0.3, -0.25) is 33.3 Å². The molecule has 5 heterocycles. The van der Waals surface area contributed by atoms with E-state index in [0.717, 1.165) is 32.6 Å². The Hall–Kier alpha value is -4.49. The van der Waals surface area contributed by atoms with E-state index in [1.54, 1.807) is 26.3 Å². The van der Waals surface area contributed by atoms with E-state index in [9.17, 15) is 53.4 Å². The largest absolute Gasteiger partial charge is 0.480 e. The summed E-state index contributed by atoms with van der Waals surface area (Å²) in [5.41, 5.74) is 8.51. The minimum atomic E-state index is -5.27. The Morgan fingerprint density at radius 3 is 2.48 bits per heavy atom. The number of anilines is 1. The van der Waals surface area contributed by atoms with E-state index < -0.39 is 93.6 Å². The van der Waals surface area contributed by atoms with Crippen molar-refractivity contribution in [1.29, 1.82) is 0 Å². The first kappa shape index (κ1) is 49.9. The van der Waals surface area contributed by atoms with Crippen LogP contribution >= 0.6 is 26.9 Å². The summed E-state index contributed by atoms with van der Waals surface area (Å²) in [6.07, 6.45) is -5.14. The molecule has 2 fully saturated rings. The highest BCUT2D eigenvalue weighted by atomic mass is 32.1. The van der Waals surface area contributed by atoms with Crippen LogP contribution in [0.15, 0.2) is 40.9 Å². The Bertz CT molecular complexity index is 2500. The van der Waals surface area contributed by atoms with Gasteiger partial charge in [-0.05, 0) is 36.3 Å². The lowest BCUT2D eigenvalue weighted by molar-refractivity contribution is -0.144. The molecule has 0 radical (unpaired) electrons. The lowest BCUT2D eigenvalue weighted by atomic mass is 9.85. The number of nitrogens with two attached hydrogens (primary N) is 1. The number of H-pyrrole nitrogens is 1. The number of fused-ring (bicyclic) bond motifs is 1. The molecule has 24 nitrogen and oxygen atoms in total. The van der Waals surface area contributed by atoms with E-state index >= 15 is 0 Å². The highest BCUT2D eigenvalue weighted by molar-refractivity contribution is 7.62. The summed E-state index contributed by atoms with van der Waals surface area (Å²) in [4.78, 5) is 89.7. The van der Waals surface area contributed by atoms with Gasteiger partial charge < -0.3 is 51.1 Å². The van der Waals surface area contributed by atoms with Crippen molar-refractivity contribution in [2.45, 2.75) is 109 Å². The van der Waals surface area contributed by atoms with Gasteiger partial charge in [-0.2, -0.15) is 9.29 Å². The van der Waals surface area contributed by atoms with Crippen LogP contribution in [0.1, 0.15) is 70.4 Å². The van der Waals surface area contributed by atoms with Gasteiger partial charge in [-0.15, -0.1) is 11.3 Å². The average molecular weight is 969 g/mol. The summed E-state index contributed by atoms with van der Waals surface area (Å²) in [7, 11) is -10.2. The van der Waals surface area contributed by atoms with E-state index in [0.29, 0.717) is 12.8 Å². The number of likely N-dealkylation sites (tertiary alicyclic amines) is 1. The van der Waals surface area contributed by atoms with Crippen molar-refractivity contribution >= 4 is 61.7 Å². The number of nitrogens with one attached hydrogen (secondary N) is 4. The van der Waals surface area contributed by atoms with Crippen molar-refractivity contribution in [1.82, 2.24) is 45.1 Å². The number of aromatic nitrogens is 5. The number of thiazole rings is 1. The number of ether oxygens (including phenoxy) is 1. The van der Waals surface area contributed by atoms with Gasteiger partial charge in [-0.1, -0.05) is 51.5 Å². The zero-order chi connectivity index (χ0) is 47.4. The Morgan fingerprint density at radius 2 is 1.80 bits per heavy atom. The van der Waals surface area contributed by atoms with E-state index in [2.05, 4.69) is 40.0 Å². The van der Waals surface area contributed by atoms with Crippen molar-refractivity contribution in [2.24, 2.45) is 5.41 Å². The number of phosphoric ester groups is 1. The second-order valence-corrected chi connectivity index (χ2v) is 20.9. The number of hydrogen-bond acceptors (Lipinski definition) is 17. The van der Waals surface area contributed by atoms with Gasteiger partial charge >= 0.3 is 15.6 Å². The fourth-order valence-corrected chi connectivity index (χ4v) is 10.5. The fourth-order valence-electron chi connectivity index (χ4n) is 7.41. The Kier molecular flexibility index (Phi) is 15.8. The lowest BCUT2D eigenvalue weighted by Crippen LogP contribution is -2.57. The van der Waals surface area contributed by atoms with Crippen LogP contribution in [0.3, 0.4) is 0 Å². The molecule has 2 aliphatic heterocycles. The van der Waals surface area contributed by atoms with Crippen LogP contribution in [0.5, 0.6) is 0 Å². The molecule has 4 aromatic rings. The predicted molar refractivity (Wildman–Crippen MR) is 233 cm³/mol. The molecule has 2 unspecified atom stereocenters. The predicted octanol–water partition coefficient (Wildman–Crippen LogP) is 0.946. The summed E-state index contributed by atoms with van der Waals surface area (Å²) >= 11 is 1.54. The number of amides is 3. The number of β-amino-alcohol motifs (C(OH)–C–C–N with tert-alkyl or cyclic N) is 1. The van der Waals surface area contributed by atoms with Gasteiger partial charge in [0, 0.05) is 32.5 Å². The molecular formula is C38H54N10O14P2S. The van der Waals surface area contributed by atoms with Crippen molar-refractivity contribution < 1.29 is 62.2 Å². The first-order valence-corrected chi connectivity index (χ1v) is 24.5. The quantitative estimate of drug-likeness (QED) is 0.0462. The van der Waals surface area contributed by atoms with Crippen molar-refractivity contribution in [3.63, 3.8) is 0 Å². The molecule has 65 heavy (non-hydrogen) atoms. The Morgan fingerprint density at radius 1 is 1.08 bits per heavy atom. The van der Waals surface area contributed by atoms with E-state index in [1.165, 1.54) is 16.2 Å². The van der Waals surface area contributed by atoms with Gasteiger partial charge in [0.1, 0.15) is 30.4 Å². The number of aliphatic hydroxyl groups is 3. The zero-order valence-corrected chi connectivity index (χ0v) is 38.5. The van der Waals surface area contributed by atoms with Crippen molar-refractivity contribution in [3.8, 4) is 10.4 Å². The summed E-state index contributed by atoms with van der Waals surface area (Å²) in [6.45, 7) is 6.29. The van der Waals surface area contributed by atoms with Crippen LogP contribution in [-0.2, 0) is 43.6 Å². The van der Waals surface area contributed by atoms with Crippen LogP contribution in [0.4, 0.5) is 5.95 Å². The summed E-state index contributed by atoms with van der Waals surface area (Å²) in [5.74, 6) is -1.66. The molecule has 27 heteroatoms. The molecule has 11 N–H and O–H groups in total. The lowest BCUT2D eigenvalue weighted by Gasteiger charge is -2.35. The van der Waals surface area contributed by atoms with Gasteiger partial charge in [0.15, 0.2) is 17.4 Å². The summed E-state index contributed by atoms with van der Waals surface area (Å²) in [6, 6.07) is 5.70. The minimum Gasteiger partial charge on any atom is -0.391 e. The minimum absolute atomic E-state index is 0.0225.